The summed E-state index contributed by atoms with van der Waals surface area (Å²) in [6, 6.07) is 13.0. The van der Waals surface area contributed by atoms with Crippen molar-refractivity contribution >= 4 is 22.6 Å². The van der Waals surface area contributed by atoms with Gasteiger partial charge in [-0.15, -0.1) is 0 Å². The zero-order valence-electron chi connectivity index (χ0n) is 14.6. The van der Waals surface area contributed by atoms with Gasteiger partial charge in [0.2, 0.25) is 0 Å². The molecule has 0 radical (unpaired) electrons. The molecule has 1 aliphatic rings. The van der Waals surface area contributed by atoms with E-state index in [9.17, 15) is 4.79 Å². The standard InChI is InChI=1S/C20H18N6O/c27-20(13-8-9-16-17(11-13)24-25-23-16)22-15-6-2-1-5-14(15)18-12-26-10-4-3-7-19(26)21-18/h1-2,5-6,8-9,11-12H,3-4,7,10H2,(H,22,27)(H,23,24,25). The second-order valence-electron chi connectivity index (χ2n) is 6.72. The molecule has 3 heterocycles. The number of anilines is 1. The summed E-state index contributed by atoms with van der Waals surface area (Å²) in [4.78, 5) is 17.5. The van der Waals surface area contributed by atoms with Crippen LogP contribution in [0.5, 0.6) is 0 Å². The molecule has 2 aromatic carbocycles. The summed E-state index contributed by atoms with van der Waals surface area (Å²) in [6.45, 7) is 1.01. The number of hydrogen-bond acceptors (Lipinski definition) is 4. The lowest BCUT2D eigenvalue weighted by atomic mass is 10.1. The minimum Gasteiger partial charge on any atom is -0.334 e. The fourth-order valence-electron chi connectivity index (χ4n) is 3.53. The zero-order valence-corrected chi connectivity index (χ0v) is 14.6. The highest BCUT2D eigenvalue weighted by Gasteiger charge is 2.16. The number of hydrogen-bond donors (Lipinski definition) is 2. The number of aromatic amines is 1. The maximum Gasteiger partial charge on any atom is 0.255 e. The number of aryl methyl sites for hydroxylation is 2. The van der Waals surface area contributed by atoms with Gasteiger partial charge in [0.25, 0.3) is 5.91 Å². The summed E-state index contributed by atoms with van der Waals surface area (Å²) < 4.78 is 2.22. The van der Waals surface area contributed by atoms with Crippen LogP contribution in [0.3, 0.4) is 0 Å². The zero-order chi connectivity index (χ0) is 18.2. The molecule has 2 aromatic heterocycles. The van der Waals surface area contributed by atoms with Gasteiger partial charge in [-0.1, -0.05) is 18.2 Å². The molecule has 27 heavy (non-hydrogen) atoms. The Hall–Kier alpha value is -3.48. The van der Waals surface area contributed by atoms with Gasteiger partial charge in [-0.25, -0.2) is 4.98 Å². The molecule has 7 nitrogen and oxygen atoms in total. The van der Waals surface area contributed by atoms with Gasteiger partial charge in [0.1, 0.15) is 16.9 Å². The van der Waals surface area contributed by atoms with E-state index >= 15 is 0 Å². The monoisotopic (exact) mass is 358 g/mol. The third-order valence-corrected chi connectivity index (χ3v) is 4.94. The second kappa shape index (κ2) is 6.35. The van der Waals surface area contributed by atoms with Crippen LogP contribution in [-0.4, -0.2) is 30.9 Å². The van der Waals surface area contributed by atoms with Crippen LogP contribution in [0.25, 0.3) is 22.3 Å². The van der Waals surface area contributed by atoms with Gasteiger partial charge in [-0.2, -0.15) is 15.4 Å². The fourth-order valence-corrected chi connectivity index (χ4v) is 3.53. The molecule has 134 valence electrons. The lowest BCUT2D eigenvalue weighted by Crippen LogP contribution is -2.12. The molecule has 7 heteroatoms. The largest absolute Gasteiger partial charge is 0.334 e. The van der Waals surface area contributed by atoms with Crippen molar-refractivity contribution in [1.82, 2.24) is 25.0 Å². The van der Waals surface area contributed by atoms with Gasteiger partial charge >= 0.3 is 0 Å². The Bertz CT molecular complexity index is 1120. The van der Waals surface area contributed by atoms with Crippen LogP contribution < -0.4 is 5.32 Å². The molecule has 5 rings (SSSR count). The van der Waals surface area contributed by atoms with Crippen LogP contribution in [0.4, 0.5) is 5.69 Å². The van der Waals surface area contributed by atoms with Crippen molar-refractivity contribution in [2.24, 2.45) is 0 Å². The first-order valence-electron chi connectivity index (χ1n) is 9.05. The number of nitrogens with zero attached hydrogens (tertiary/aromatic N) is 4. The maximum atomic E-state index is 12.8. The normalized spacial score (nSPS) is 13.5. The number of rotatable bonds is 3. The highest BCUT2D eigenvalue weighted by atomic mass is 16.1. The summed E-state index contributed by atoms with van der Waals surface area (Å²) in [5.41, 5.74) is 4.51. The summed E-state index contributed by atoms with van der Waals surface area (Å²) >= 11 is 0. The highest BCUT2D eigenvalue weighted by Crippen LogP contribution is 2.29. The molecule has 1 amide bonds. The number of fused-ring (bicyclic) bond motifs is 2. The summed E-state index contributed by atoms with van der Waals surface area (Å²) in [5.74, 6) is 0.935. The quantitative estimate of drug-likeness (QED) is 0.587. The average molecular weight is 358 g/mol. The van der Waals surface area contributed by atoms with Crippen molar-refractivity contribution in [3.8, 4) is 11.3 Å². The number of nitrogens with one attached hydrogen (secondary N) is 2. The predicted molar refractivity (Wildman–Crippen MR) is 102 cm³/mol. The SMILES string of the molecule is O=C(Nc1ccccc1-c1cn2c(n1)CCCC2)c1ccc2n[nH]nc2c1. The van der Waals surface area contributed by atoms with Crippen LogP contribution in [0, 0.1) is 0 Å². The van der Waals surface area contributed by atoms with E-state index in [1.54, 1.807) is 18.2 Å². The van der Waals surface area contributed by atoms with E-state index in [4.69, 9.17) is 4.98 Å². The van der Waals surface area contributed by atoms with Crippen LogP contribution >= 0.6 is 0 Å². The van der Waals surface area contributed by atoms with Crippen LogP contribution in [0.1, 0.15) is 29.0 Å². The van der Waals surface area contributed by atoms with E-state index in [0.29, 0.717) is 11.1 Å². The van der Waals surface area contributed by atoms with Gasteiger partial charge in [-0.05, 0) is 37.1 Å². The maximum absolute atomic E-state index is 12.8. The second-order valence-corrected chi connectivity index (χ2v) is 6.72. The Morgan fingerprint density at radius 3 is 2.89 bits per heavy atom. The number of para-hydroxylation sites is 1. The Morgan fingerprint density at radius 2 is 1.96 bits per heavy atom. The molecule has 1 aliphatic heterocycles. The first kappa shape index (κ1) is 15.7. The summed E-state index contributed by atoms with van der Waals surface area (Å²) in [5, 5.41) is 13.6. The third kappa shape index (κ3) is 2.87. The summed E-state index contributed by atoms with van der Waals surface area (Å²) in [7, 11) is 0. The van der Waals surface area contributed by atoms with Crippen LogP contribution in [0.15, 0.2) is 48.7 Å². The van der Waals surface area contributed by atoms with Crippen molar-refractivity contribution in [2.75, 3.05) is 5.32 Å². The van der Waals surface area contributed by atoms with Gasteiger partial charge in [0.05, 0.1) is 11.4 Å². The molecule has 0 saturated heterocycles. The van der Waals surface area contributed by atoms with Crippen molar-refractivity contribution in [3.63, 3.8) is 0 Å². The van der Waals surface area contributed by atoms with E-state index in [0.717, 1.165) is 41.3 Å². The smallest absolute Gasteiger partial charge is 0.255 e. The van der Waals surface area contributed by atoms with E-state index in [1.165, 1.54) is 12.8 Å². The lowest BCUT2D eigenvalue weighted by Gasteiger charge is -2.11. The average Bonchev–Trinajstić information content (AvgIpc) is 3.34. The Morgan fingerprint density at radius 1 is 1.07 bits per heavy atom. The van der Waals surface area contributed by atoms with E-state index in [-0.39, 0.29) is 5.91 Å². The molecular weight excluding hydrogens is 340 g/mol. The van der Waals surface area contributed by atoms with Crippen LogP contribution in [0.2, 0.25) is 0 Å². The molecule has 0 unspecified atom stereocenters. The number of H-pyrrole nitrogens is 1. The number of carbonyl (C=O) groups is 1. The molecule has 2 N–H and O–H groups in total. The number of aromatic nitrogens is 5. The van der Waals surface area contributed by atoms with Gasteiger partial charge in [0, 0.05) is 30.3 Å². The minimum absolute atomic E-state index is 0.184. The molecule has 0 atom stereocenters. The van der Waals surface area contributed by atoms with E-state index < -0.39 is 0 Å². The number of imidazole rings is 1. The molecule has 0 saturated carbocycles. The highest BCUT2D eigenvalue weighted by molar-refractivity contribution is 6.07. The molecule has 0 spiro atoms. The molecule has 0 aliphatic carbocycles. The minimum atomic E-state index is -0.184. The van der Waals surface area contributed by atoms with Gasteiger partial charge < -0.3 is 9.88 Å². The molecular formula is C20H18N6O. The topological polar surface area (TPSA) is 88.5 Å². The fraction of sp³-hybridized carbons (Fsp3) is 0.200. The van der Waals surface area contributed by atoms with Crippen molar-refractivity contribution in [3.05, 3.63) is 60.0 Å². The third-order valence-electron chi connectivity index (χ3n) is 4.94. The molecule has 0 fully saturated rings. The van der Waals surface area contributed by atoms with Crippen molar-refractivity contribution < 1.29 is 4.79 Å². The van der Waals surface area contributed by atoms with Crippen LogP contribution in [-0.2, 0) is 13.0 Å². The molecule has 0 bridgehead atoms. The number of benzene rings is 2. The lowest BCUT2D eigenvalue weighted by molar-refractivity contribution is 0.102. The van der Waals surface area contributed by atoms with E-state index in [1.807, 2.05) is 24.3 Å². The predicted octanol–water partition coefficient (Wildman–Crippen LogP) is 3.41. The Balaban J connectivity index is 1.47. The molecule has 4 aromatic rings. The van der Waals surface area contributed by atoms with Gasteiger partial charge in [-0.3, -0.25) is 4.79 Å². The Labute approximate surface area is 155 Å². The first-order valence-corrected chi connectivity index (χ1v) is 9.05. The Kier molecular flexibility index (Phi) is 3.71. The summed E-state index contributed by atoms with van der Waals surface area (Å²) in [6.07, 6.45) is 5.46. The van der Waals surface area contributed by atoms with Gasteiger partial charge in [0.15, 0.2) is 0 Å². The van der Waals surface area contributed by atoms with E-state index in [2.05, 4.69) is 31.5 Å². The first-order chi connectivity index (χ1) is 13.3. The van der Waals surface area contributed by atoms with Crippen molar-refractivity contribution in [1.29, 1.82) is 0 Å². The number of carbonyl (C=O) groups excluding carboxylic acids is 1. The number of amides is 1. The van der Waals surface area contributed by atoms with Crippen molar-refractivity contribution in [2.45, 2.75) is 25.8 Å².